The molecule has 0 aromatic heterocycles. The first-order chi connectivity index (χ1) is 4.50. The van der Waals surface area contributed by atoms with Gasteiger partial charge in [0.15, 0.2) is 0 Å². The smallest absolute Gasteiger partial charge is 0.808 e. The fourth-order valence-corrected chi connectivity index (χ4v) is 1.35. The molecule has 0 unspecified atom stereocenters. The van der Waals surface area contributed by atoms with Gasteiger partial charge in [0.1, 0.15) is 5.08 Å². The van der Waals surface area contributed by atoms with Crippen LogP contribution in [0.25, 0.3) is 0 Å². The van der Waals surface area contributed by atoms with E-state index in [-0.39, 0.29) is 36.0 Å². The van der Waals surface area contributed by atoms with Gasteiger partial charge in [-0.15, -0.1) is 0 Å². The Morgan fingerprint density at radius 2 is 1.14 bits per heavy atom. The fourth-order valence-electron chi connectivity index (χ4n) is 0.150. The Morgan fingerprint density at radius 3 is 1.14 bits per heavy atom. The molecule has 0 aliphatic heterocycles. The molecule has 0 rings (SSSR count). The molecular weight excluding hydrogens is 285 g/mol. The van der Waals surface area contributed by atoms with Crippen LogP contribution in [0.1, 0.15) is 6.92 Å². The molecule has 9 N–H and O–H groups in total. The molecule has 1 radical (unpaired) electrons. The van der Waals surface area contributed by atoms with Gasteiger partial charge in [-0.2, -0.15) is 0 Å². The summed E-state index contributed by atoms with van der Waals surface area (Å²) in [4.78, 5) is 39.8. The third-order valence-electron chi connectivity index (χ3n) is 1.04. The van der Waals surface area contributed by atoms with Crippen molar-refractivity contribution in [1.29, 1.82) is 0 Å². The maximum absolute atomic E-state index is 9.95. The molecule has 0 spiro atoms. The van der Waals surface area contributed by atoms with Crippen molar-refractivity contribution in [3.8, 4) is 0 Å². The minimum Gasteiger partial charge on any atom is -0.808 e. The Hall–Kier alpha value is 0.686. The third-order valence-corrected chi connectivity index (χ3v) is 4.58. The van der Waals surface area contributed by atoms with Crippen LogP contribution in [0, 0.1) is 0 Å². The van der Waals surface area contributed by atoms with Gasteiger partial charge in [0.05, 0.1) is 0 Å². The Bertz CT molecular complexity index is 220. The molecule has 9 nitrogen and oxygen atoms in total. The van der Waals surface area contributed by atoms with Crippen LogP contribution in [-0.2, 0) is 25.9 Å². The van der Waals surface area contributed by atoms with Crippen LogP contribution >= 0.6 is 15.2 Å². The van der Waals surface area contributed by atoms with Crippen molar-refractivity contribution in [2.75, 3.05) is 0 Å². The monoisotopic (exact) mass is 297 g/mol. The number of hydrogen-bond donors (Lipinski definition) is 3. The van der Waals surface area contributed by atoms with Gasteiger partial charge in [-0.25, -0.2) is 0 Å². The van der Waals surface area contributed by atoms with E-state index in [1.165, 1.54) is 0 Å². The molecule has 0 aliphatic rings. The molecule has 91 valence electrons. The van der Waals surface area contributed by atoms with Crippen LogP contribution in [0.4, 0.5) is 0 Å². The average molecular weight is 297 g/mol. The summed E-state index contributed by atoms with van der Waals surface area (Å²) in [5.74, 6) is 0. The number of hydrogen-bond acceptors (Lipinski definition) is 7. The number of aliphatic hydroxyl groups is 1. The molecule has 0 saturated heterocycles. The van der Waals surface area contributed by atoms with E-state index in [0.29, 0.717) is 0 Å². The molecule has 0 aliphatic carbocycles. The minimum atomic E-state index is -5.82. The van der Waals surface area contributed by atoms with Crippen LogP contribution in [-0.4, -0.2) is 10.2 Å². The zero-order chi connectivity index (χ0) is 9.50. The van der Waals surface area contributed by atoms with Gasteiger partial charge in [0.25, 0.3) is 0 Å². The van der Waals surface area contributed by atoms with Crippen molar-refractivity contribution < 1.29 is 50.6 Å². The molecule has 0 aromatic carbocycles. The van der Waals surface area contributed by atoms with E-state index in [9.17, 15) is 28.7 Å². The van der Waals surface area contributed by atoms with Gasteiger partial charge in [-0.3, -0.25) is 0 Å². The van der Waals surface area contributed by atoms with Gasteiger partial charge in [0.2, 0.25) is 0 Å². The van der Waals surface area contributed by atoms with Crippen molar-refractivity contribution >= 4 is 15.2 Å². The topological polar surface area (TPSA) is 220 Å². The second kappa shape index (κ2) is 6.31. The van der Waals surface area contributed by atoms with Gasteiger partial charge < -0.3 is 46.1 Å². The maximum atomic E-state index is 9.95. The van der Waals surface area contributed by atoms with Crippen LogP contribution in [0.3, 0.4) is 0 Å². The molecule has 0 heterocycles. The zero-order valence-corrected chi connectivity index (χ0v) is 10.5. The summed E-state index contributed by atoms with van der Waals surface area (Å²) in [5, 5.41) is 4.68. The van der Waals surface area contributed by atoms with Crippen molar-refractivity contribution in [3.63, 3.8) is 0 Å². The van der Waals surface area contributed by atoms with Crippen LogP contribution in [0.5, 0.6) is 0 Å². The van der Waals surface area contributed by atoms with Crippen molar-refractivity contribution in [2.24, 2.45) is 0 Å². The summed E-state index contributed by atoms with van der Waals surface area (Å²) >= 11 is 0. The fraction of sp³-hybridized carbons (Fsp3) is 1.00. The van der Waals surface area contributed by atoms with E-state index in [4.69, 9.17) is 5.11 Å². The second-order valence-corrected chi connectivity index (χ2v) is 6.05. The normalized spacial score (nSPS) is 11.9. The summed E-state index contributed by atoms with van der Waals surface area (Å²) in [5.41, 5.74) is 0. The summed E-state index contributed by atoms with van der Waals surface area (Å²) < 4.78 is 19.9. The molecule has 12 heteroatoms. The molecule has 0 amide bonds. The van der Waals surface area contributed by atoms with Crippen molar-refractivity contribution in [3.05, 3.63) is 0 Å². The summed E-state index contributed by atoms with van der Waals surface area (Å²) in [6.07, 6.45) is 0. The predicted molar refractivity (Wildman–Crippen MR) is 37.8 cm³/mol. The Balaban J connectivity index is -0.000000167. The standard InChI is InChI=1S/C2H8O7P2.Co.2H3N/c1-2(3,10(4,5)6)11(7,8)9;;;/h3H,1H3,(H2,4,5,6)(H2,7,8,9);;2*1H3/q;+2;;/p-2. The molecule has 0 bridgehead atoms. The van der Waals surface area contributed by atoms with Gasteiger partial charge in [-0.05, 0) is 22.1 Å². The number of rotatable bonds is 2. The molecule has 0 atom stereocenters. The van der Waals surface area contributed by atoms with E-state index < -0.39 is 20.3 Å². The average Bonchev–Trinajstić information content (AvgIpc) is 1.58. The Labute approximate surface area is 90.6 Å². The third kappa shape index (κ3) is 4.96. The van der Waals surface area contributed by atoms with Crippen LogP contribution in [0.15, 0.2) is 0 Å². The zero-order valence-electron chi connectivity index (χ0n) is 7.62. The minimum absolute atomic E-state index is 0. The van der Waals surface area contributed by atoms with Gasteiger partial charge in [0, 0.05) is 0 Å². The van der Waals surface area contributed by atoms with Crippen LogP contribution < -0.4 is 31.9 Å². The summed E-state index contributed by atoms with van der Waals surface area (Å²) in [7, 11) is -11.6. The van der Waals surface area contributed by atoms with E-state index in [1.54, 1.807) is 0 Å². The first kappa shape index (κ1) is 24.1. The van der Waals surface area contributed by atoms with Crippen molar-refractivity contribution in [2.45, 2.75) is 12.0 Å². The molecule has 14 heavy (non-hydrogen) atoms. The van der Waals surface area contributed by atoms with E-state index in [2.05, 4.69) is 0 Å². The first-order valence-electron chi connectivity index (χ1n) is 2.27. The largest absolute Gasteiger partial charge is 2.00 e. The Morgan fingerprint density at radius 1 is 1.00 bits per heavy atom. The second-order valence-electron chi connectivity index (χ2n) is 1.97. The predicted octanol–water partition coefficient (Wildman–Crippen LogP) is -2.77. The van der Waals surface area contributed by atoms with Crippen molar-refractivity contribution in [1.82, 2.24) is 12.3 Å². The van der Waals surface area contributed by atoms with Gasteiger partial charge in [-0.1, -0.05) is 0 Å². The summed E-state index contributed by atoms with van der Waals surface area (Å²) in [6.45, 7) is 0.133. The molecular formula is C2H12CoN2O7P2. The van der Waals surface area contributed by atoms with E-state index in [0.717, 1.165) is 0 Å². The summed E-state index contributed by atoms with van der Waals surface area (Å²) in [6, 6.07) is 0. The van der Waals surface area contributed by atoms with E-state index in [1.807, 2.05) is 0 Å². The number of quaternary nitrogens is 2. The molecule has 0 saturated carbocycles. The molecule has 0 aromatic rings. The van der Waals surface area contributed by atoms with Crippen LogP contribution in [0.2, 0.25) is 0 Å². The van der Waals surface area contributed by atoms with Gasteiger partial charge >= 0.3 is 16.8 Å². The van der Waals surface area contributed by atoms with E-state index >= 15 is 0 Å². The SMILES string of the molecule is CC(O)(P(=O)([O-])[O-])P(=O)([O-])[O-].[Co+2].[NH4+].[NH4+]. The Kier molecular flexibility index (Phi) is 10.9. The maximum Gasteiger partial charge on any atom is 2.00 e. The first-order valence-corrected chi connectivity index (χ1v) is 5.35. The quantitative estimate of drug-likeness (QED) is 0.454. The molecule has 0 fully saturated rings.